The van der Waals surface area contributed by atoms with Gasteiger partial charge in [-0.1, -0.05) is 28.9 Å². The Morgan fingerprint density at radius 3 is 2.89 bits per heavy atom. The first-order valence-corrected chi connectivity index (χ1v) is 7.02. The standard InChI is InChI=1S/C14H18BrNO2/c1-9-3-4-11(15)7-12(9)14(18)16-6-5-13(17)10(2)8-16/h3-4,7,10,13,17H,5-6,8H2,1-2H3. The lowest BCUT2D eigenvalue weighted by atomic mass is 9.95. The fourth-order valence-corrected chi connectivity index (χ4v) is 2.67. The van der Waals surface area contributed by atoms with Crippen LogP contribution in [0.1, 0.15) is 29.3 Å². The Balaban J connectivity index is 2.19. The second-order valence-electron chi connectivity index (χ2n) is 5.04. The van der Waals surface area contributed by atoms with E-state index in [0.717, 1.165) is 15.6 Å². The predicted octanol–water partition coefficient (Wildman–Crippen LogP) is 2.60. The monoisotopic (exact) mass is 311 g/mol. The van der Waals surface area contributed by atoms with Gasteiger partial charge in [-0.15, -0.1) is 0 Å². The van der Waals surface area contributed by atoms with Crippen LogP contribution >= 0.6 is 15.9 Å². The summed E-state index contributed by atoms with van der Waals surface area (Å²) in [7, 11) is 0. The molecule has 0 bridgehead atoms. The molecule has 0 aliphatic carbocycles. The van der Waals surface area contributed by atoms with Gasteiger partial charge in [-0.2, -0.15) is 0 Å². The van der Waals surface area contributed by atoms with Crippen LogP contribution in [0.2, 0.25) is 0 Å². The van der Waals surface area contributed by atoms with Crippen LogP contribution in [0.4, 0.5) is 0 Å². The zero-order valence-electron chi connectivity index (χ0n) is 10.7. The van der Waals surface area contributed by atoms with Crippen LogP contribution in [-0.4, -0.2) is 35.1 Å². The molecule has 1 N–H and O–H groups in total. The summed E-state index contributed by atoms with van der Waals surface area (Å²) in [6.45, 7) is 5.20. The van der Waals surface area contributed by atoms with Crippen LogP contribution in [0.5, 0.6) is 0 Å². The summed E-state index contributed by atoms with van der Waals surface area (Å²) in [4.78, 5) is 14.3. The topological polar surface area (TPSA) is 40.5 Å². The van der Waals surface area contributed by atoms with E-state index < -0.39 is 0 Å². The number of benzene rings is 1. The smallest absolute Gasteiger partial charge is 0.254 e. The number of aliphatic hydroxyl groups excluding tert-OH is 1. The van der Waals surface area contributed by atoms with Gasteiger partial charge >= 0.3 is 0 Å². The van der Waals surface area contributed by atoms with Crippen molar-refractivity contribution in [2.24, 2.45) is 5.92 Å². The SMILES string of the molecule is Cc1ccc(Br)cc1C(=O)N1CCC(O)C(C)C1. The molecule has 1 saturated heterocycles. The van der Waals surface area contributed by atoms with Crippen LogP contribution in [0.3, 0.4) is 0 Å². The first-order valence-electron chi connectivity index (χ1n) is 6.22. The minimum Gasteiger partial charge on any atom is -0.393 e. The average molecular weight is 312 g/mol. The van der Waals surface area contributed by atoms with Crippen LogP contribution in [0, 0.1) is 12.8 Å². The molecule has 0 saturated carbocycles. The number of carbonyl (C=O) groups excluding carboxylic acids is 1. The van der Waals surface area contributed by atoms with Gasteiger partial charge in [-0.3, -0.25) is 4.79 Å². The zero-order chi connectivity index (χ0) is 13.3. The quantitative estimate of drug-likeness (QED) is 0.866. The van der Waals surface area contributed by atoms with Crippen molar-refractivity contribution in [1.29, 1.82) is 0 Å². The largest absolute Gasteiger partial charge is 0.393 e. The highest BCUT2D eigenvalue weighted by molar-refractivity contribution is 9.10. The van der Waals surface area contributed by atoms with Gasteiger partial charge in [-0.25, -0.2) is 0 Å². The van der Waals surface area contributed by atoms with Crippen molar-refractivity contribution < 1.29 is 9.90 Å². The molecule has 1 heterocycles. The summed E-state index contributed by atoms with van der Waals surface area (Å²) in [5.41, 5.74) is 1.73. The summed E-state index contributed by atoms with van der Waals surface area (Å²) in [5.74, 6) is 0.211. The third-order valence-electron chi connectivity index (χ3n) is 3.58. The Labute approximate surface area is 116 Å². The summed E-state index contributed by atoms with van der Waals surface area (Å²) in [5, 5.41) is 9.70. The maximum absolute atomic E-state index is 12.4. The molecule has 98 valence electrons. The van der Waals surface area contributed by atoms with Crippen molar-refractivity contribution in [3.63, 3.8) is 0 Å². The molecule has 0 radical (unpaired) electrons. The molecule has 0 spiro atoms. The van der Waals surface area contributed by atoms with E-state index in [-0.39, 0.29) is 17.9 Å². The first-order chi connectivity index (χ1) is 8.49. The number of carbonyl (C=O) groups is 1. The van der Waals surface area contributed by atoms with Gasteiger partial charge in [0.1, 0.15) is 0 Å². The molecule has 2 unspecified atom stereocenters. The van der Waals surface area contributed by atoms with Gasteiger partial charge in [0.25, 0.3) is 5.91 Å². The third kappa shape index (κ3) is 2.75. The van der Waals surface area contributed by atoms with Gasteiger partial charge in [0, 0.05) is 23.1 Å². The minimum absolute atomic E-state index is 0.0625. The highest BCUT2D eigenvalue weighted by atomic mass is 79.9. The lowest BCUT2D eigenvalue weighted by molar-refractivity contribution is 0.0297. The van der Waals surface area contributed by atoms with Gasteiger partial charge in [-0.05, 0) is 37.0 Å². The number of likely N-dealkylation sites (tertiary alicyclic amines) is 1. The number of rotatable bonds is 1. The molecule has 1 amide bonds. The van der Waals surface area contributed by atoms with E-state index in [4.69, 9.17) is 0 Å². The lowest BCUT2D eigenvalue weighted by Gasteiger charge is -2.34. The Bertz CT molecular complexity index is 461. The number of hydrogen-bond donors (Lipinski definition) is 1. The normalized spacial score (nSPS) is 24.1. The minimum atomic E-state index is -0.280. The number of halogens is 1. The van der Waals surface area contributed by atoms with E-state index in [1.165, 1.54) is 0 Å². The summed E-state index contributed by atoms with van der Waals surface area (Å²) in [6.07, 6.45) is 0.387. The molecule has 0 aromatic heterocycles. The highest BCUT2D eigenvalue weighted by Gasteiger charge is 2.28. The summed E-state index contributed by atoms with van der Waals surface area (Å²) >= 11 is 3.40. The number of hydrogen-bond acceptors (Lipinski definition) is 2. The molecular formula is C14H18BrNO2. The van der Waals surface area contributed by atoms with Gasteiger partial charge in [0.2, 0.25) is 0 Å². The zero-order valence-corrected chi connectivity index (χ0v) is 12.3. The molecule has 4 heteroatoms. The molecule has 2 atom stereocenters. The van der Waals surface area contributed by atoms with Crippen LogP contribution in [-0.2, 0) is 0 Å². The van der Waals surface area contributed by atoms with Crippen LogP contribution in [0.25, 0.3) is 0 Å². The Morgan fingerprint density at radius 1 is 1.50 bits per heavy atom. The molecule has 1 aliphatic heterocycles. The second kappa shape index (κ2) is 5.41. The van der Waals surface area contributed by atoms with E-state index in [0.29, 0.717) is 19.5 Å². The molecule has 1 aliphatic rings. The molecule has 1 aromatic rings. The number of piperidine rings is 1. The van der Waals surface area contributed by atoms with Crippen molar-refractivity contribution >= 4 is 21.8 Å². The Morgan fingerprint density at radius 2 is 2.22 bits per heavy atom. The van der Waals surface area contributed by atoms with Crippen LogP contribution in [0.15, 0.2) is 22.7 Å². The van der Waals surface area contributed by atoms with E-state index in [2.05, 4.69) is 15.9 Å². The molecule has 1 fully saturated rings. The Kier molecular flexibility index (Phi) is 4.07. The lowest BCUT2D eigenvalue weighted by Crippen LogP contribution is -2.45. The fraction of sp³-hybridized carbons (Fsp3) is 0.500. The predicted molar refractivity (Wildman–Crippen MR) is 74.6 cm³/mol. The van der Waals surface area contributed by atoms with Crippen molar-refractivity contribution in [2.45, 2.75) is 26.4 Å². The maximum atomic E-state index is 12.4. The third-order valence-corrected chi connectivity index (χ3v) is 4.07. The number of amides is 1. The first kappa shape index (κ1) is 13.6. The molecule has 3 nitrogen and oxygen atoms in total. The van der Waals surface area contributed by atoms with E-state index in [1.807, 2.05) is 36.9 Å². The molecule has 1 aromatic carbocycles. The molecular weight excluding hydrogens is 294 g/mol. The van der Waals surface area contributed by atoms with Gasteiger partial charge in [0.15, 0.2) is 0 Å². The maximum Gasteiger partial charge on any atom is 0.254 e. The van der Waals surface area contributed by atoms with E-state index in [1.54, 1.807) is 0 Å². The van der Waals surface area contributed by atoms with Crippen molar-refractivity contribution in [2.75, 3.05) is 13.1 Å². The molecule has 2 rings (SSSR count). The van der Waals surface area contributed by atoms with E-state index in [9.17, 15) is 9.90 Å². The van der Waals surface area contributed by atoms with Crippen molar-refractivity contribution in [3.8, 4) is 0 Å². The van der Waals surface area contributed by atoms with Crippen molar-refractivity contribution in [1.82, 2.24) is 4.90 Å². The van der Waals surface area contributed by atoms with E-state index >= 15 is 0 Å². The van der Waals surface area contributed by atoms with Gasteiger partial charge in [0.05, 0.1) is 6.10 Å². The number of aryl methyl sites for hydroxylation is 1. The second-order valence-corrected chi connectivity index (χ2v) is 5.96. The average Bonchev–Trinajstić information content (AvgIpc) is 2.35. The summed E-state index contributed by atoms with van der Waals surface area (Å²) < 4.78 is 0.918. The summed E-state index contributed by atoms with van der Waals surface area (Å²) in [6, 6.07) is 5.75. The van der Waals surface area contributed by atoms with Gasteiger partial charge < -0.3 is 10.0 Å². The highest BCUT2D eigenvalue weighted by Crippen LogP contribution is 2.22. The van der Waals surface area contributed by atoms with Crippen LogP contribution < -0.4 is 0 Å². The van der Waals surface area contributed by atoms with Crippen molar-refractivity contribution in [3.05, 3.63) is 33.8 Å². The Hall–Kier alpha value is -0.870. The number of aliphatic hydroxyl groups is 1. The number of nitrogens with zero attached hydrogens (tertiary/aromatic N) is 1. The molecule has 18 heavy (non-hydrogen) atoms. The fourth-order valence-electron chi connectivity index (χ4n) is 2.31.